The third-order valence-corrected chi connectivity index (χ3v) is 2.69. The molecule has 0 fully saturated rings. The van der Waals surface area contributed by atoms with Gasteiger partial charge < -0.3 is 5.11 Å². The molecule has 0 unspecified atom stereocenters. The highest BCUT2D eigenvalue weighted by Crippen LogP contribution is 2.31. The van der Waals surface area contributed by atoms with Crippen LogP contribution in [-0.4, -0.2) is 10.9 Å². The van der Waals surface area contributed by atoms with Gasteiger partial charge in [-0.05, 0) is 24.6 Å². The summed E-state index contributed by atoms with van der Waals surface area (Å²) in [6.45, 7) is 2.86. The minimum atomic E-state index is -4.39. The zero-order valence-corrected chi connectivity index (χ0v) is 9.45. The summed E-state index contributed by atoms with van der Waals surface area (Å²) in [6.07, 6.45) is -5.47. The number of aliphatic hydroxyl groups is 1. The molecule has 94 valence electrons. The zero-order chi connectivity index (χ0) is 13.2. The molecule has 0 aromatic heterocycles. The molecule has 0 aliphatic carbocycles. The van der Waals surface area contributed by atoms with Crippen molar-refractivity contribution in [1.29, 1.82) is 0 Å². The van der Waals surface area contributed by atoms with Crippen LogP contribution in [0.25, 0.3) is 0 Å². The molecule has 17 heavy (non-hydrogen) atoms. The Morgan fingerprint density at radius 2 is 1.71 bits per heavy atom. The highest BCUT2D eigenvalue weighted by atomic mass is 19.4. The first-order valence-electron chi connectivity index (χ1n) is 5.09. The van der Waals surface area contributed by atoms with Crippen molar-refractivity contribution in [3.8, 4) is 0 Å². The lowest BCUT2D eigenvalue weighted by molar-refractivity contribution is -0.137. The molecule has 0 radical (unpaired) electrons. The molecular formula is C12H13F3O2. The number of hydrogen-bond acceptors (Lipinski definition) is 2. The number of alkyl halides is 3. The normalized spacial score (nSPS) is 15.4. The first kappa shape index (κ1) is 13.7. The van der Waals surface area contributed by atoms with Crippen LogP contribution in [0.4, 0.5) is 13.2 Å². The number of benzene rings is 1. The predicted molar refractivity (Wildman–Crippen MR) is 56.2 cm³/mol. The van der Waals surface area contributed by atoms with Crippen molar-refractivity contribution in [3.05, 3.63) is 35.4 Å². The molecule has 0 saturated heterocycles. The van der Waals surface area contributed by atoms with E-state index in [2.05, 4.69) is 0 Å². The van der Waals surface area contributed by atoms with E-state index in [9.17, 15) is 23.1 Å². The third kappa shape index (κ3) is 3.30. The van der Waals surface area contributed by atoms with Crippen LogP contribution in [0.1, 0.15) is 31.1 Å². The SMILES string of the molecule is CC(=O)[C@H](C)[C@@H](O)c1ccc(C(F)(F)F)cc1. The number of ketones is 1. The van der Waals surface area contributed by atoms with Crippen LogP contribution in [0.3, 0.4) is 0 Å². The van der Waals surface area contributed by atoms with E-state index >= 15 is 0 Å². The first-order valence-corrected chi connectivity index (χ1v) is 5.09. The molecule has 0 bridgehead atoms. The van der Waals surface area contributed by atoms with Crippen LogP contribution in [0, 0.1) is 5.92 Å². The highest BCUT2D eigenvalue weighted by Gasteiger charge is 2.30. The number of Topliss-reactive ketones (excluding diaryl/α,β-unsaturated/α-hetero) is 1. The largest absolute Gasteiger partial charge is 0.416 e. The second-order valence-electron chi connectivity index (χ2n) is 3.96. The van der Waals surface area contributed by atoms with E-state index in [-0.39, 0.29) is 5.78 Å². The van der Waals surface area contributed by atoms with Gasteiger partial charge in [-0.2, -0.15) is 13.2 Å². The smallest absolute Gasteiger partial charge is 0.388 e. The maximum atomic E-state index is 12.3. The van der Waals surface area contributed by atoms with Crippen molar-refractivity contribution in [2.45, 2.75) is 26.1 Å². The van der Waals surface area contributed by atoms with Gasteiger partial charge >= 0.3 is 6.18 Å². The molecule has 1 aromatic carbocycles. The summed E-state index contributed by atoms with van der Waals surface area (Å²) in [5.41, 5.74) is -0.468. The van der Waals surface area contributed by atoms with Gasteiger partial charge in [0, 0.05) is 5.92 Å². The first-order chi connectivity index (χ1) is 7.73. The fraction of sp³-hybridized carbons (Fsp3) is 0.417. The van der Waals surface area contributed by atoms with Crippen LogP contribution >= 0.6 is 0 Å². The molecule has 1 rings (SSSR count). The van der Waals surface area contributed by atoms with Gasteiger partial charge in [-0.1, -0.05) is 19.1 Å². The molecule has 0 aliphatic rings. The predicted octanol–water partition coefficient (Wildman–Crippen LogP) is 2.96. The minimum absolute atomic E-state index is 0.211. The standard InChI is InChI=1S/C12H13F3O2/c1-7(8(2)16)11(17)9-3-5-10(6-4-9)12(13,14)15/h3-7,11,17H,1-2H3/t7-,11+/m0/s1. The summed E-state index contributed by atoms with van der Waals surface area (Å²) in [7, 11) is 0. The van der Waals surface area contributed by atoms with Gasteiger partial charge in [0.15, 0.2) is 0 Å². The van der Waals surface area contributed by atoms with Crippen molar-refractivity contribution >= 4 is 5.78 Å². The molecule has 1 aromatic rings. The topological polar surface area (TPSA) is 37.3 Å². The summed E-state index contributed by atoms with van der Waals surface area (Å²) < 4.78 is 36.9. The van der Waals surface area contributed by atoms with E-state index in [1.807, 2.05) is 0 Å². The summed E-state index contributed by atoms with van der Waals surface area (Å²) >= 11 is 0. The quantitative estimate of drug-likeness (QED) is 0.890. The molecule has 1 N–H and O–H groups in total. The second kappa shape index (κ2) is 4.87. The average molecular weight is 246 g/mol. The van der Waals surface area contributed by atoms with Crippen molar-refractivity contribution in [2.24, 2.45) is 5.92 Å². The van der Waals surface area contributed by atoms with Gasteiger partial charge in [0.1, 0.15) is 5.78 Å². The van der Waals surface area contributed by atoms with Gasteiger partial charge in [0.25, 0.3) is 0 Å². The van der Waals surface area contributed by atoms with E-state index in [1.54, 1.807) is 0 Å². The number of hydrogen-bond donors (Lipinski definition) is 1. The van der Waals surface area contributed by atoms with Crippen molar-refractivity contribution in [1.82, 2.24) is 0 Å². The van der Waals surface area contributed by atoms with Gasteiger partial charge in [-0.15, -0.1) is 0 Å². The zero-order valence-electron chi connectivity index (χ0n) is 9.45. The Kier molecular flexibility index (Phi) is 3.93. The fourth-order valence-electron chi connectivity index (χ4n) is 1.38. The fourth-order valence-corrected chi connectivity index (χ4v) is 1.38. The lowest BCUT2D eigenvalue weighted by Gasteiger charge is -2.17. The number of carbonyl (C=O) groups is 1. The summed E-state index contributed by atoms with van der Waals surface area (Å²) in [5.74, 6) is -0.843. The Hall–Kier alpha value is -1.36. The number of carbonyl (C=O) groups excluding carboxylic acids is 1. The van der Waals surface area contributed by atoms with Crippen LogP contribution in [0.2, 0.25) is 0 Å². The number of halogens is 3. The Bertz CT molecular complexity index is 395. The van der Waals surface area contributed by atoms with E-state index in [0.29, 0.717) is 5.56 Å². The van der Waals surface area contributed by atoms with Crippen LogP contribution in [0.15, 0.2) is 24.3 Å². The maximum absolute atomic E-state index is 12.3. The molecule has 2 atom stereocenters. The Labute approximate surface area is 97.1 Å². The summed E-state index contributed by atoms with van der Waals surface area (Å²) in [6, 6.07) is 4.16. The molecule has 5 heteroatoms. The molecule has 0 saturated carbocycles. The van der Waals surface area contributed by atoms with E-state index in [0.717, 1.165) is 12.1 Å². The van der Waals surface area contributed by atoms with Crippen molar-refractivity contribution < 1.29 is 23.1 Å². The van der Waals surface area contributed by atoms with E-state index in [4.69, 9.17) is 0 Å². The van der Waals surface area contributed by atoms with E-state index < -0.39 is 23.8 Å². The summed E-state index contributed by atoms with van der Waals surface area (Å²) in [4.78, 5) is 11.0. The maximum Gasteiger partial charge on any atom is 0.416 e. The number of rotatable bonds is 3. The molecule has 0 amide bonds. The van der Waals surface area contributed by atoms with Gasteiger partial charge in [0.2, 0.25) is 0 Å². The van der Waals surface area contributed by atoms with Gasteiger partial charge in [-0.25, -0.2) is 0 Å². The van der Waals surface area contributed by atoms with Crippen LogP contribution < -0.4 is 0 Å². The Balaban J connectivity index is 2.92. The Morgan fingerprint density at radius 1 is 1.24 bits per heavy atom. The summed E-state index contributed by atoms with van der Waals surface area (Å²) in [5, 5.41) is 9.75. The lowest BCUT2D eigenvalue weighted by Crippen LogP contribution is -2.16. The van der Waals surface area contributed by atoms with Crippen LogP contribution in [0.5, 0.6) is 0 Å². The van der Waals surface area contributed by atoms with E-state index in [1.165, 1.54) is 26.0 Å². The molecule has 0 aliphatic heterocycles. The van der Waals surface area contributed by atoms with Crippen LogP contribution in [-0.2, 0) is 11.0 Å². The third-order valence-electron chi connectivity index (χ3n) is 2.69. The minimum Gasteiger partial charge on any atom is -0.388 e. The average Bonchev–Trinajstić information content (AvgIpc) is 2.26. The molecule has 0 spiro atoms. The van der Waals surface area contributed by atoms with Gasteiger partial charge in [0.05, 0.1) is 11.7 Å². The monoisotopic (exact) mass is 246 g/mol. The Morgan fingerprint density at radius 3 is 2.06 bits per heavy atom. The van der Waals surface area contributed by atoms with Crippen molar-refractivity contribution in [3.63, 3.8) is 0 Å². The lowest BCUT2D eigenvalue weighted by atomic mass is 9.94. The second-order valence-corrected chi connectivity index (χ2v) is 3.96. The van der Waals surface area contributed by atoms with Gasteiger partial charge in [-0.3, -0.25) is 4.79 Å². The molecular weight excluding hydrogens is 233 g/mol. The molecule has 0 heterocycles. The highest BCUT2D eigenvalue weighted by molar-refractivity contribution is 5.78. The molecule has 2 nitrogen and oxygen atoms in total. The van der Waals surface area contributed by atoms with Crippen molar-refractivity contribution in [2.75, 3.05) is 0 Å². The number of aliphatic hydroxyl groups excluding tert-OH is 1.